The molecule has 0 aliphatic carbocycles. The van der Waals surface area contributed by atoms with Crippen molar-refractivity contribution < 1.29 is 27.9 Å². The van der Waals surface area contributed by atoms with Gasteiger partial charge in [0.1, 0.15) is 0 Å². The third-order valence-corrected chi connectivity index (χ3v) is 3.06. The molecule has 2 N–H and O–H groups in total. The molecular formula is C11H17F3N2O3. The summed E-state index contributed by atoms with van der Waals surface area (Å²) in [5, 5.41) is 11.2. The zero-order chi connectivity index (χ0) is 14.5. The van der Waals surface area contributed by atoms with Crippen molar-refractivity contribution >= 4 is 11.9 Å². The second-order valence-electron chi connectivity index (χ2n) is 4.54. The van der Waals surface area contributed by atoms with Gasteiger partial charge in [0, 0.05) is 19.6 Å². The van der Waals surface area contributed by atoms with Gasteiger partial charge in [-0.05, 0) is 12.8 Å². The van der Waals surface area contributed by atoms with Crippen molar-refractivity contribution in [2.45, 2.75) is 25.4 Å². The van der Waals surface area contributed by atoms with Crippen LogP contribution in [0.4, 0.5) is 13.2 Å². The van der Waals surface area contributed by atoms with Gasteiger partial charge in [-0.2, -0.15) is 13.2 Å². The molecule has 1 saturated heterocycles. The summed E-state index contributed by atoms with van der Waals surface area (Å²) in [5.41, 5.74) is 0. The number of rotatable bonds is 5. The van der Waals surface area contributed by atoms with E-state index in [4.69, 9.17) is 5.11 Å². The van der Waals surface area contributed by atoms with E-state index in [0.29, 0.717) is 25.9 Å². The molecule has 8 heteroatoms. The average molecular weight is 282 g/mol. The van der Waals surface area contributed by atoms with Crippen molar-refractivity contribution in [3.63, 3.8) is 0 Å². The molecule has 0 spiro atoms. The number of hydrogen-bond donors (Lipinski definition) is 2. The first-order valence-corrected chi connectivity index (χ1v) is 6.07. The van der Waals surface area contributed by atoms with Crippen molar-refractivity contribution in [3.05, 3.63) is 0 Å². The second kappa shape index (κ2) is 6.74. The maximum absolute atomic E-state index is 11.9. The lowest BCUT2D eigenvalue weighted by molar-refractivity contribution is -0.145. The Labute approximate surface area is 108 Å². The summed E-state index contributed by atoms with van der Waals surface area (Å²) >= 11 is 0. The van der Waals surface area contributed by atoms with Gasteiger partial charge in [-0.25, -0.2) is 0 Å². The number of nitrogens with one attached hydrogen (secondary N) is 1. The smallest absolute Gasteiger partial charge is 0.390 e. The minimum absolute atomic E-state index is 0.145. The van der Waals surface area contributed by atoms with Gasteiger partial charge < -0.3 is 15.3 Å². The zero-order valence-electron chi connectivity index (χ0n) is 10.4. The molecule has 19 heavy (non-hydrogen) atoms. The molecular weight excluding hydrogens is 265 g/mol. The molecule has 0 aromatic carbocycles. The molecule has 0 aromatic rings. The van der Waals surface area contributed by atoms with Crippen molar-refractivity contribution in [2.24, 2.45) is 5.92 Å². The second-order valence-corrected chi connectivity index (χ2v) is 4.54. The van der Waals surface area contributed by atoms with E-state index in [-0.39, 0.29) is 19.0 Å². The molecule has 1 rings (SSSR count). The summed E-state index contributed by atoms with van der Waals surface area (Å²) in [5.74, 6) is -1.58. The predicted octanol–water partition coefficient (Wildman–Crippen LogP) is 0.852. The Morgan fingerprint density at radius 1 is 1.26 bits per heavy atom. The lowest BCUT2D eigenvalue weighted by atomic mass is 9.97. The number of halogens is 3. The highest BCUT2D eigenvalue weighted by Gasteiger charge is 2.28. The fourth-order valence-corrected chi connectivity index (χ4v) is 1.91. The quantitative estimate of drug-likeness (QED) is 0.734. The highest BCUT2D eigenvalue weighted by molar-refractivity contribution is 5.78. The number of aliphatic carboxylic acids is 1. The summed E-state index contributed by atoms with van der Waals surface area (Å²) in [4.78, 5) is 23.8. The van der Waals surface area contributed by atoms with Crippen LogP contribution >= 0.6 is 0 Å². The number of alkyl halides is 3. The van der Waals surface area contributed by atoms with Gasteiger partial charge in [0.2, 0.25) is 5.91 Å². The molecule has 0 aromatic heterocycles. The topological polar surface area (TPSA) is 69.6 Å². The van der Waals surface area contributed by atoms with E-state index < -0.39 is 24.5 Å². The SMILES string of the molecule is O=C(O)C1CCN(C(=O)CNCCC(F)(F)F)CC1. The molecule has 0 bridgehead atoms. The van der Waals surface area contributed by atoms with Gasteiger partial charge in [-0.15, -0.1) is 0 Å². The highest BCUT2D eigenvalue weighted by Crippen LogP contribution is 2.18. The number of piperidine rings is 1. The van der Waals surface area contributed by atoms with Crippen molar-refractivity contribution in [2.75, 3.05) is 26.2 Å². The number of carboxylic acids is 1. The van der Waals surface area contributed by atoms with E-state index in [2.05, 4.69) is 5.32 Å². The van der Waals surface area contributed by atoms with Gasteiger partial charge in [-0.1, -0.05) is 0 Å². The Kier molecular flexibility index (Phi) is 5.59. The van der Waals surface area contributed by atoms with E-state index in [0.717, 1.165) is 0 Å². The number of likely N-dealkylation sites (tertiary alicyclic amines) is 1. The van der Waals surface area contributed by atoms with Crippen LogP contribution in [0.5, 0.6) is 0 Å². The van der Waals surface area contributed by atoms with E-state index in [1.165, 1.54) is 4.90 Å². The van der Waals surface area contributed by atoms with Crippen LogP contribution in [-0.2, 0) is 9.59 Å². The molecule has 1 fully saturated rings. The van der Waals surface area contributed by atoms with Crippen LogP contribution in [0.2, 0.25) is 0 Å². The van der Waals surface area contributed by atoms with Crippen LogP contribution in [0.1, 0.15) is 19.3 Å². The van der Waals surface area contributed by atoms with Gasteiger partial charge in [0.05, 0.1) is 18.9 Å². The third-order valence-electron chi connectivity index (χ3n) is 3.06. The normalized spacial score (nSPS) is 17.5. The molecule has 0 unspecified atom stereocenters. The molecule has 110 valence electrons. The molecule has 0 radical (unpaired) electrons. The maximum Gasteiger partial charge on any atom is 0.390 e. The number of carbonyl (C=O) groups is 2. The first-order valence-electron chi connectivity index (χ1n) is 6.07. The highest BCUT2D eigenvalue weighted by atomic mass is 19.4. The van der Waals surface area contributed by atoms with Crippen LogP contribution in [0.15, 0.2) is 0 Å². The van der Waals surface area contributed by atoms with Crippen LogP contribution in [-0.4, -0.2) is 54.2 Å². The number of amides is 1. The monoisotopic (exact) mass is 282 g/mol. The molecule has 0 saturated carbocycles. The van der Waals surface area contributed by atoms with E-state index in [1.54, 1.807) is 0 Å². The zero-order valence-corrected chi connectivity index (χ0v) is 10.4. The van der Waals surface area contributed by atoms with E-state index in [9.17, 15) is 22.8 Å². The lowest BCUT2D eigenvalue weighted by Gasteiger charge is -2.30. The Balaban J connectivity index is 2.19. The Bertz CT molecular complexity index is 326. The Morgan fingerprint density at radius 3 is 2.32 bits per heavy atom. The number of carboxylic acid groups (broad SMARTS) is 1. The van der Waals surface area contributed by atoms with Gasteiger partial charge in [0.15, 0.2) is 0 Å². The number of nitrogens with zero attached hydrogens (tertiary/aromatic N) is 1. The summed E-state index contributed by atoms with van der Waals surface area (Å²) in [6.45, 7) is 0.252. The van der Waals surface area contributed by atoms with Crippen molar-refractivity contribution in [1.29, 1.82) is 0 Å². The Hall–Kier alpha value is -1.31. The van der Waals surface area contributed by atoms with Crippen molar-refractivity contribution in [1.82, 2.24) is 10.2 Å². The predicted molar refractivity (Wildman–Crippen MR) is 60.5 cm³/mol. The minimum atomic E-state index is -4.23. The van der Waals surface area contributed by atoms with Crippen LogP contribution < -0.4 is 5.32 Å². The van der Waals surface area contributed by atoms with Crippen LogP contribution in [0.25, 0.3) is 0 Å². The third kappa shape index (κ3) is 5.91. The molecule has 0 atom stereocenters. The lowest BCUT2D eigenvalue weighted by Crippen LogP contribution is -2.44. The van der Waals surface area contributed by atoms with E-state index >= 15 is 0 Å². The summed E-state index contributed by atoms with van der Waals surface area (Å²) in [6.07, 6.45) is -4.41. The summed E-state index contributed by atoms with van der Waals surface area (Å²) < 4.78 is 35.6. The van der Waals surface area contributed by atoms with Crippen molar-refractivity contribution in [3.8, 4) is 0 Å². The average Bonchev–Trinajstić information content (AvgIpc) is 2.33. The van der Waals surface area contributed by atoms with Crippen LogP contribution in [0, 0.1) is 5.92 Å². The summed E-state index contributed by atoms with van der Waals surface area (Å²) in [6, 6.07) is 0. The first-order chi connectivity index (χ1) is 8.79. The standard InChI is InChI=1S/C11H17F3N2O3/c12-11(13,14)3-4-15-7-9(17)16-5-1-8(2-6-16)10(18)19/h8,15H,1-7H2,(H,18,19). The van der Waals surface area contributed by atoms with Gasteiger partial charge in [-0.3, -0.25) is 9.59 Å². The first kappa shape index (κ1) is 15.7. The minimum Gasteiger partial charge on any atom is -0.481 e. The number of hydrogen-bond acceptors (Lipinski definition) is 3. The molecule has 1 aliphatic heterocycles. The maximum atomic E-state index is 11.9. The fraction of sp³-hybridized carbons (Fsp3) is 0.818. The largest absolute Gasteiger partial charge is 0.481 e. The fourth-order valence-electron chi connectivity index (χ4n) is 1.91. The molecule has 1 aliphatic rings. The Morgan fingerprint density at radius 2 is 1.84 bits per heavy atom. The van der Waals surface area contributed by atoms with Gasteiger partial charge in [0.25, 0.3) is 0 Å². The molecule has 5 nitrogen and oxygen atoms in total. The van der Waals surface area contributed by atoms with Crippen LogP contribution in [0.3, 0.4) is 0 Å². The summed E-state index contributed by atoms with van der Waals surface area (Å²) in [7, 11) is 0. The van der Waals surface area contributed by atoms with E-state index in [1.807, 2.05) is 0 Å². The molecule has 1 amide bonds. The van der Waals surface area contributed by atoms with Gasteiger partial charge >= 0.3 is 12.1 Å². The number of carbonyl (C=O) groups excluding carboxylic acids is 1. The molecule has 1 heterocycles.